The highest BCUT2D eigenvalue weighted by Gasteiger charge is 2.13. The van der Waals surface area contributed by atoms with Crippen molar-refractivity contribution in [3.05, 3.63) is 71.5 Å². The van der Waals surface area contributed by atoms with E-state index in [1.807, 2.05) is 18.2 Å². The Morgan fingerprint density at radius 2 is 1.58 bits per heavy atom. The van der Waals surface area contributed by atoms with E-state index in [0.717, 1.165) is 12.0 Å². The van der Waals surface area contributed by atoms with Gasteiger partial charge in [0.05, 0.1) is 0 Å². The van der Waals surface area contributed by atoms with E-state index in [-0.39, 0.29) is 11.9 Å². The van der Waals surface area contributed by atoms with Crippen LogP contribution in [0.25, 0.3) is 0 Å². The molecule has 100 valence electrons. The van der Waals surface area contributed by atoms with Crippen LogP contribution < -0.4 is 5.32 Å². The van der Waals surface area contributed by atoms with Gasteiger partial charge < -0.3 is 5.32 Å². The lowest BCUT2D eigenvalue weighted by Crippen LogP contribution is -2.24. The first-order chi connectivity index (χ1) is 9.20. The highest BCUT2D eigenvalue weighted by atomic mass is 19.1. The maximum absolute atomic E-state index is 12.9. The topological polar surface area (TPSA) is 12.0 Å². The second-order valence-corrected chi connectivity index (χ2v) is 4.81. The van der Waals surface area contributed by atoms with Crippen molar-refractivity contribution in [2.45, 2.75) is 32.4 Å². The minimum atomic E-state index is -0.189. The Morgan fingerprint density at radius 3 is 2.16 bits per heavy atom. The first-order valence-electron chi connectivity index (χ1n) is 6.77. The predicted octanol–water partition coefficient (Wildman–Crippen LogP) is 4.63. The van der Waals surface area contributed by atoms with Gasteiger partial charge in [-0.25, -0.2) is 4.39 Å². The molecular weight excluding hydrogens is 237 g/mol. The Kier molecular flexibility index (Phi) is 4.69. The number of hydrogen-bond donors (Lipinski definition) is 1. The predicted molar refractivity (Wildman–Crippen MR) is 77.4 cm³/mol. The lowest BCUT2D eigenvalue weighted by Gasteiger charge is -2.23. The fraction of sp³-hybridized carbons (Fsp3) is 0.294. The fourth-order valence-electron chi connectivity index (χ4n) is 2.28. The molecule has 0 saturated heterocycles. The Hall–Kier alpha value is -1.67. The van der Waals surface area contributed by atoms with Gasteiger partial charge >= 0.3 is 0 Å². The van der Waals surface area contributed by atoms with Gasteiger partial charge in [-0.3, -0.25) is 0 Å². The monoisotopic (exact) mass is 257 g/mol. The molecule has 0 radical (unpaired) electrons. The molecule has 0 amide bonds. The van der Waals surface area contributed by atoms with Crippen LogP contribution in [-0.2, 0) is 0 Å². The van der Waals surface area contributed by atoms with Crippen LogP contribution in [0.3, 0.4) is 0 Å². The van der Waals surface area contributed by atoms with E-state index in [2.05, 4.69) is 43.4 Å². The van der Waals surface area contributed by atoms with Crippen LogP contribution in [0, 0.1) is 5.82 Å². The molecule has 0 aromatic heterocycles. The molecule has 1 nitrogen and oxygen atoms in total. The van der Waals surface area contributed by atoms with Gasteiger partial charge in [0.15, 0.2) is 0 Å². The van der Waals surface area contributed by atoms with E-state index in [9.17, 15) is 4.39 Å². The molecule has 0 aliphatic carbocycles. The number of benzene rings is 2. The Labute approximate surface area is 114 Å². The van der Waals surface area contributed by atoms with Crippen molar-refractivity contribution in [1.82, 2.24) is 5.32 Å². The third-order valence-electron chi connectivity index (χ3n) is 3.43. The largest absolute Gasteiger partial charge is 0.303 e. The Bertz CT molecular complexity index is 492. The van der Waals surface area contributed by atoms with Gasteiger partial charge in [-0.15, -0.1) is 0 Å². The smallest absolute Gasteiger partial charge is 0.123 e. The van der Waals surface area contributed by atoms with Crippen LogP contribution >= 0.6 is 0 Å². The van der Waals surface area contributed by atoms with Crippen molar-refractivity contribution in [3.8, 4) is 0 Å². The lowest BCUT2D eigenvalue weighted by atomic mass is 10.0. The van der Waals surface area contributed by atoms with Crippen LogP contribution in [0.1, 0.15) is 43.5 Å². The molecule has 0 aliphatic heterocycles. The van der Waals surface area contributed by atoms with Crippen LogP contribution in [0.5, 0.6) is 0 Å². The van der Waals surface area contributed by atoms with Gasteiger partial charge in [0.2, 0.25) is 0 Å². The molecular formula is C17H20FN. The van der Waals surface area contributed by atoms with Crippen molar-refractivity contribution in [3.63, 3.8) is 0 Å². The van der Waals surface area contributed by atoms with Crippen molar-refractivity contribution in [2.75, 3.05) is 0 Å². The zero-order chi connectivity index (χ0) is 13.7. The van der Waals surface area contributed by atoms with Crippen molar-refractivity contribution < 1.29 is 4.39 Å². The highest BCUT2D eigenvalue weighted by molar-refractivity contribution is 5.22. The molecule has 2 aromatic carbocycles. The summed E-state index contributed by atoms with van der Waals surface area (Å²) in [5, 5.41) is 3.60. The van der Waals surface area contributed by atoms with Crippen LogP contribution in [0.4, 0.5) is 4.39 Å². The molecule has 2 atom stereocenters. The normalized spacial score (nSPS) is 14.1. The van der Waals surface area contributed by atoms with Gasteiger partial charge in [-0.1, -0.05) is 49.4 Å². The summed E-state index contributed by atoms with van der Waals surface area (Å²) in [4.78, 5) is 0. The van der Waals surface area contributed by atoms with Crippen molar-refractivity contribution in [1.29, 1.82) is 0 Å². The van der Waals surface area contributed by atoms with E-state index in [1.165, 1.54) is 17.7 Å². The average Bonchev–Trinajstić information content (AvgIpc) is 2.46. The van der Waals surface area contributed by atoms with Gasteiger partial charge in [-0.05, 0) is 36.6 Å². The molecule has 0 heterocycles. The Morgan fingerprint density at radius 1 is 0.947 bits per heavy atom. The summed E-state index contributed by atoms with van der Waals surface area (Å²) in [6.45, 7) is 4.28. The number of hydrogen-bond acceptors (Lipinski definition) is 1. The average molecular weight is 257 g/mol. The molecule has 0 fully saturated rings. The van der Waals surface area contributed by atoms with Crippen molar-refractivity contribution in [2.24, 2.45) is 0 Å². The maximum atomic E-state index is 12.9. The molecule has 2 aromatic rings. The molecule has 1 N–H and O–H groups in total. The van der Waals surface area contributed by atoms with Gasteiger partial charge in [-0.2, -0.15) is 0 Å². The summed E-state index contributed by atoms with van der Waals surface area (Å²) in [6.07, 6.45) is 1.02. The zero-order valence-corrected chi connectivity index (χ0v) is 11.4. The van der Waals surface area contributed by atoms with E-state index < -0.39 is 0 Å². The summed E-state index contributed by atoms with van der Waals surface area (Å²) in [7, 11) is 0. The minimum absolute atomic E-state index is 0.189. The van der Waals surface area contributed by atoms with Gasteiger partial charge in [0.25, 0.3) is 0 Å². The molecule has 19 heavy (non-hydrogen) atoms. The second-order valence-electron chi connectivity index (χ2n) is 4.81. The molecule has 2 rings (SSSR count). The summed E-state index contributed by atoms with van der Waals surface area (Å²) in [5.41, 5.74) is 2.40. The third-order valence-corrected chi connectivity index (χ3v) is 3.43. The van der Waals surface area contributed by atoms with E-state index >= 15 is 0 Å². The molecule has 0 spiro atoms. The maximum Gasteiger partial charge on any atom is 0.123 e. The van der Waals surface area contributed by atoms with Gasteiger partial charge in [0.1, 0.15) is 5.82 Å². The summed E-state index contributed by atoms with van der Waals surface area (Å²) in [6, 6.07) is 17.6. The van der Waals surface area contributed by atoms with E-state index in [4.69, 9.17) is 0 Å². The van der Waals surface area contributed by atoms with Crippen LogP contribution in [0.15, 0.2) is 54.6 Å². The van der Waals surface area contributed by atoms with E-state index in [1.54, 1.807) is 0 Å². The SMILES string of the molecule is CCC(N[C@H](C)c1ccc(F)cc1)c1ccccc1. The van der Waals surface area contributed by atoms with Crippen molar-refractivity contribution >= 4 is 0 Å². The number of rotatable bonds is 5. The standard InChI is InChI=1S/C17H20FN/c1-3-17(15-7-5-4-6-8-15)19-13(2)14-9-11-16(18)12-10-14/h4-13,17,19H,3H2,1-2H3/t13-,17?/m1/s1. The molecule has 0 bridgehead atoms. The summed E-state index contributed by atoms with van der Waals surface area (Å²) < 4.78 is 12.9. The quantitative estimate of drug-likeness (QED) is 0.823. The fourth-order valence-corrected chi connectivity index (χ4v) is 2.28. The highest BCUT2D eigenvalue weighted by Crippen LogP contribution is 2.22. The summed E-state index contributed by atoms with van der Waals surface area (Å²) in [5.74, 6) is -0.189. The second kappa shape index (κ2) is 6.48. The first kappa shape index (κ1) is 13.8. The minimum Gasteiger partial charge on any atom is -0.303 e. The van der Waals surface area contributed by atoms with E-state index in [0.29, 0.717) is 6.04 Å². The Balaban J connectivity index is 2.08. The number of nitrogens with one attached hydrogen (secondary N) is 1. The van der Waals surface area contributed by atoms with Crippen LogP contribution in [0.2, 0.25) is 0 Å². The summed E-state index contributed by atoms with van der Waals surface area (Å²) >= 11 is 0. The van der Waals surface area contributed by atoms with Crippen LogP contribution in [-0.4, -0.2) is 0 Å². The molecule has 1 unspecified atom stereocenters. The number of halogens is 1. The van der Waals surface area contributed by atoms with Gasteiger partial charge in [0, 0.05) is 12.1 Å². The zero-order valence-electron chi connectivity index (χ0n) is 11.4. The lowest BCUT2D eigenvalue weighted by molar-refractivity contribution is 0.456. The first-order valence-corrected chi connectivity index (χ1v) is 6.77. The molecule has 2 heteroatoms. The third kappa shape index (κ3) is 3.65. The molecule has 0 saturated carbocycles. The molecule has 0 aliphatic rings.